The summed E-state index contributed by atoms with van der Waals surface area (Å²) in [6.07, 6.45) is 3.57. The van der Waals surface area contributed by atoms with Crippen LogP contribution in [0.5, 0.6) is 0 Å². The van der Waals surface area contributed by atoms with Gasteiger partial charge in [-0.3, -0.25) is 14.5 Å². The second kappa shape index (κ2) is 8.84. The first-order chi connectivity index (χ1) is 13.3. The number of benzene rings is 1. The molecule has 1 N–H and O–H groups in total. The molecule has 0 aliphatic carbocycles. The lowest BCUT2D eigenvalue weighted by molar-refractivity contribution is 0.0842. The highest BCUT2D eigenvalue weighted by molar-refractivity contribution is 7.92. The standard InChI is InChI=1S/C21H27N3O3S/c1-16-6-5-7-18(22-16)12-15-24-13-10-17(11-14-24)21(25)19-8-3-4-9-20(19)23-28(2,26)27/h3-9,17,23H,10-15H2,1-2H3. The number of Topliss-reactive ketones (excluding diaryl/α,β-unsaturated/α-hetero) is 1. The molecule has 0 spiro atoms. The molecule has 1 fully saturated rings. The Hall–Kier alpha value is -2.25. The molecule has 0 atom stereocenters. The number of aryl methyl sites for hydroxylation is 1. The van der Waals surface area contributed by atoms with Crippen LogP contribution in [0.25, 0.3) is 0 Å². The molecular formula is C21H27N3O3S. The van der Waals surface area contributed by atoms with Crippen molar-refractivity contribution in [2.24, 2.45) is 5.92 Å². The largest absolute Gasteiger partial charge is 0.303 e. The van der Waals surface area contributed by atoms with Crippen molar-refractivity contribution in [3.63, 3.8) is 0 Å². The first-order valence-electron chi connectivity index (χ1n) is 9.58. The number of anilines is 1. The molecule has 6 nitrogen and oxygen atoms in total. The highest BCUT2D eigenvalue weighted by atomic mass is 32.2. The topological polar surface area (TPSA) is 79.4 Å². The number of sulfonamides is 1. The molecule has 7 heteroatoms. The Bertz CT molecular complexity index is 935. The Kier molecular flexibility index (Phi) is 6.46. The molecule has 0 amide bonds. The van der Waals surface area contributed by atoms with Gasteiger partial charge in [-0.1, -0.05) is 18.2 Å². The van der Waals surface area contributed by atoms with Crippen LogP contribution in [0.15, 0.2) is 42.5 Å². The second-order valence-electron chi connectivity index (χ2n) is 7.42. The van der Waals surface area contributed by atoms with E-state index in [-0.39, 0.29) is 11.7 Å². The number of aromatic nitrogens is 1. The fourth-order valence-corrected chi connectivity index (χ4v) is 4.21. The van der Waals surface area contributed by atoms with Crippen LogP contribution in [-0.4, -0.2) is 50.0 Å². The molecule has 0 saturated carbocycles. The molecule has 1 aliphatic rings. The number of carbonyl (C=O) groups is 1. The highest BCUT2D eigenvalue weighted by Gasteiger charge is 2.27. The van der Waals surface area contributed by atoms with Crippen molar-refractivity contribution < 1.29 is 13.2 Å². The van der Waals surface area contributed by atoms with E-state index in [0.29, 0.717) is 11.3 Å². The quantitative estimate of drug-likeness (QED) is 0.722. The number of carbonyl (C=O) groups excluding carboxylic acids is 1. The van der Waals surface area contributed by atoms with Crippen molar-refractivity contribution in [3.05, 3.63) is 59.4 Å². The van der Waals surface area contributed by atoms with Crippen LogP contribution in [0.2, 0.25) is 0 Å². The van der Waals surface area contributed by atoms with Crippen LogP contribution in [-0.2, 0) is 16.4 Å². The van der Waals surface area contributed by atoms with Crippen molar-refractivity contribution in [3.8, 4) is 0 Å². The Morgan fingerprint density at radius 3 is 2.54 bits per heavy atom. The maximum absolute atomic E-state index is 13.0. The number of para-hydroxylation sites is 1. The average Bonchev–Trinajstić information content (AvgIpc) is 2.65. The third-order valence-corrected chi connectivity index (χ3v) is 5.67. The second-order valence-corrected chi connectivity index (χ2v) is 9.17. The summed E-state index contributed by atoms with van der Waals surface area (Å²) in [7, 11) is -3.43. The maximum Gasteiger partial charge on any atom is 0.229 e. The molecule has 1 aromatic carbocycles. The summed E-state index contributed by atoms with van der Waals surface area (Å²) >= 11 is 0. The number of hydrogen-bond acceptors (Lipinski definition) is 5. The lowest BCUT2D eigenvalue weighted by Crippen LogP contribution is -2.37. The third kappa shape index (κ3) is 5.62. The number of rotatable bonds is 7. The fourth-order valence-electron chi connectivity index (χ4n) is 3.64. The molecule has 0 unspecified atom stereocenters. The van der Waals surface area contributed by atoms with Crippen LogP contribution in [0, 0.1) is 12.8 Å². The molecule has 150 valence electrons. The van der Waals surface area contributed by atoms with Crippen molar-refractivity contribution in [1.82, 2.24) is 9.88 Å². The molecule has 1 aromatic heterocycles. The zero-order valence-electron chi connectivity index (χ0n) is 16.4. The van der Waals surface area contributed by atoms with Gasteiger partial charge in [0, 0.05) is 35.8 Å². The van der Waals surface area contributed by atoms with Gasteiger partial charge in [0.1, 0.15) is 0 Å². The summed E-state index contributed by atoms with van der Waals surface area (Å²) in [6.45, 7) is 4.66. The van der Waals surface area contributed by atoms with E-state index in [0.717, 1.165) is 56.5 Å². The summed E-state index contributed by atoms with van der Waals surface area (Å²) in [4.78, 5) is 19.9. The molecule has 0 bridgehead atoms. The number of piperidine rings is 1. The normalized spacial score (nSPS) is 16.1. The van der Waals surface area contributed by atoms with E-state index in [9.17, 15) is 13.2 Å². The van der Waals surface area contributed by atoms with Gasteiger partial charge in [-0.25, -0.2) is 8.42 Å². The molecule has 1 saturated heterocycles. The Morgan fingerprint density at radius 2 is 1.86 bits per heavy atom. The van der Waals surface area contributed by atoms with Crippen molar-refractivity contribution >= 4 is 21.5 Å². The first-order valence-corrected chi connectivity index (χ1v) is 11.5. The molecular weight excluding hydrogens is 374 g/mol. The molecule has 28 heavy (non-hydrogen) atoms. The number of ketones is 1. The van der Waals surface area contributed by atoms with E-state index in [1.165, 1.54) is 0 Å². The van der Waals surface area contributed by atoms with Gasteiger partial charge in [-0.05, 0) is 57.1 Å². The van der Waals surface area contributed by atoms with E-state index >= 15 is 0 Å². The molecule has 1 aliphatic heterocycles. The van der Waals surface area contributed by atoms with Crippen molar-refractivity contribution in [1.29, 1.82) is 0 Å². The summed E-state index contributed by atoms with van der Waals surface area (Å²) in [6, 6.07) is 12.9. The zero-order valence-corrected chi connectivity index (χ0v) is 17.2. The number of likely N-dealkylation sites (tertiary alicyclic amines) is 1. The Labute approximate surface area is 167 Å². The fraction of sp³-hybridized carbons (Fsp3) is 0.429. The Morgan fingerprint density at radius 1 is 1.14 bits per heavy atom. The maximum atomic E-state index is 13.0. The minimum absolute atomic E-state index is 0.0201. The van der Waals surface area contributed by atoms with E-state index < -0.39 is 10.0 Å². The van der Waals surface area contributed by atoms with Gasteiger partial charge in [0.15, 0.2) is 5.78 Å². The van der Waals surface area contributed by atoms with Crippen LogP contribution in [0.1, 0.15) is 34.6 Å². The molecule has 2 heterocycles. The van der Waals surface area contributed by atoms with Gasteiger partial charge in [0.25, 0.3) is 0 Å². The van der Waals surface area contributed by atoms with Gasteiger partial charge >= 0.3 is 0 Å². The van der Waals surface area contributed by atoms with Crippen molar-refractivity contribution in [2.45, 2.75) is 26.2 Å². The number of pyridine rings is 1. The average molecular weight is 402 g/mol. The minimum Gasteiger partial charge on any atom is -0.303 e. The summed E-state index contributed by atoms with van der Waals surface area (Å²) in [5.74, 6) is -0.0531. The predicted octanol–water partition coefficient (Wildman–Crippen LogP) is 2.90. The summed E-state index contributed by atoms with van der Waals surface area (Å²) in [5.41, 5.74) is 2.94. The lowest BCUT2D eigenvalue weighted by atomic mass is 9.88. The minimum atomic E-state index is -3.43. The van der Waals surface area contributed by atoms with Crippen LogP contribution >= 0.6 is 0 Å². The first kappa shape index (κ1) is 20.5. The lowest BCUT2D eigenvalue weighted by Gasteiger charge is -2.31. The number of nitrogens with zero attached hydrogens (tertiary/aromatic N) is 2. The smallest absolute Gasteiger partial charge is 0.229 e. The van der Waals surface area contributed by atoms with Gasteiger partial charge in [0.05, 0.1) is 11.9 Å². The van der Waals surface area contributed by atoms with Gasteiger partial charge in [-0.15, -0.1) is 0 Å². The molecule has 0 radical (unpaired) electrons. The van der Waals surface area contributed by atoms with Crippen LogP contribution in [0.3, 0.4) is 0 Å². The number of hydrogen-bond donors (Lipinski definition) is 1. The summed E-state index contributed by atoms with van der Waals surface area (Å²) < 4.78 is 25.6. The van der Waals surface area contributed by atoms with Gasteiger partial charge < -0.3 is 4.90 Å². The van der Waals surface area contributed by atoms with E-state index in [1.54, 1.807) is 24.3 Å². The molecule has 2 aromatic rings. The number of nitrogens with one attached hydrogen (secondary N) is 1. The predicted molar refractivity (Wildman–Crippen MR) is 111 cm³/mol. The van der Waals surface area contributed by atoms with E-state index in [1.807, 2.05) is 19.1 Å². The van der Waals surface area contributed by atoms with Crippen LogP contribution in [0.4, 0.5) is 5.69 Å². The van der Waals surface area contributed by atoms with Crippen LogP contribution < -0.4 is 4.72 Å². The Balaban J connectivity index is 1.57. The van der Waals surface area contributed by atoms with E-state index in [4.69, 9.17) is 0 Å². The third-order valence-electron chi connectivity index (χ3n) is 5.08. The highest BCUT2D eigenvalue weighted by Crippen LogP contribution is 2.26. The van der Waals surface area contributed by atoms with Crippen molar-refractivity contribution in [2.75, 3.05) is 30.6 Å². The molecule has 3 rings (SSSR count). The monoisotopic (exact) mass is 401 g/mol. The van der Waals surface area contributed by atoms with E-state index in [2.05, 4.69) is 20.7 Å². The summed E-state index contributed by atoms with van der Waals surface area (Å²) in [5, 5.41) is 0. The SMILES string of the molecule is Cc1cccc(CCN2CCC(C(=O)c3ccccc3NS(C)(=O)=O)CC2)n1. The van der Waals surface area contributed by atoms with Gasteiger partial charge in [0.2, 0.25) is 10.0 Å². The zero-order chi connectivity index (χ0) is 20.1. The van der Waals surface area contributed by atoms with Gasteiger partial charge in [-0.2, -0.15) is 0 Å².